The van der Waals surface area contributed by atoms with Gasteiger partial charge in [-0.3, -0.25) is 4.79 Å². The van der Waals surface area contributed by atoms with E-state index in [1.54, 1.807) is 24.3 Å². The van der Waals surface area contributed by atoms with Gasteiger partial charge in [-0.25, -0.2) is 4.79 Å². The summed E-state index contributed by atoms with van der Waals surface area (Å²) in [7, 11) is 2.85. The van der Waals surface area contributed by atoms with Gasteiger partial charge in [-0.1, -0.05) is 12.1 Å². The molecule has 1 aliphatic rings. The number of methoxy groups -OCH3 is 2. The van der Waals surface area contributed by atoms with E-state index in [4.69, 9.17) is 9.47 Å². The number of ether oxygens (including phenoxy) is 2. The fraction of sp³-hybridized carbons (Fsp3) is 0.176. The molecule has 0 aromatic heterocycles. The number of halogens is 1. The van der Waals surface area contributed by atoms with Crippen LogP contribution in [0.3, 0.4) is 0 Å². The number of benzene rings is 2. The Balaban J connectivity index is 2.32. The number of hydrogen-bond acceptors (Lipinski definition) is 4. The first-order valence-corrected chi connectivity index (χ1v) is 7.96. The highest BCUT2D eigenvalue weighted by molar-refractivity contribution is 14.1. The molecule has 0 bridgehead atoms. The molecular formula is C17H14INO4. The molecule has 1 unspecified atom stereocenters. The number of esters is 1. The number of rotatable bonds is 3. The third kappa shape index (κ3) is 2.37. The molecule has 1 atom stereocenters. The van der Waals surface area contributed by atoms with Crippen LogP contribution in [0.4, 0.5) is 0 Å². The highest BCUT2D eigenvalue weighted by atomic mass is 127. The second-order valence-corrected chi connectivity index (χ2v) is 6.36. The third-order valence-electron chi connectivity index (χ3n) is 3.93. The van der Waals surface area contributed by atoms with E-state index in [0.29, 0.717) is 22.4 Å². The van der Waals surface area contributed by atoms with E-state index in [1.165, 1.54) is 14.2 Å². The van der Waals surface area contributed by atoms with Gasteiger partial charge in [0.2, 0.25) is 0 Å². The molecular weight excluding hydrogens is 409 g/mol. The van der Waals surface area contributed by atoms with Gasteiger partial charge in [-0.15, -0.1) is 0 Å². The van der Waals surface area contributed by atoms with E-state index in [-0.39, 0.29) is 5.91 Å². The Labute approximate surface area is 147 Å². The van der Waals surface area contributed by atoms with E-state index in [1.807, 2.05) is 18.2 Å². The molecule has 5 nitrogen and oxygen atoms in total. The molecule has 1 heterocycles. The number of nitrogens with one attached hydrogen (secondary N) is 1. The molecule has 6 heteroatoms. The molecule has 0 aliphatic carbocycles. The molecule has 0 spiro atoms. The Morgan fingerprint density at radius 3 is 2.61 bits per heavy atom. The zero-order chi connectivity index (χ0) is 16.6. The third-order valence-corrected chi connectivity index (χ3v) is 4.60. The summed E-state index contributed by atoms with van der Waals surface area (Å²) < 4.78 is 11.2. The minimum atomic E-state index is -1.36. The number of fused-ring (bicyclic) bond motifs is 1. The predicted molar refractivity (Wildman–Crippen MR) is 92.4 cm³/mol. The van der Waals surface area contributed by atoms with Crippen LogP contribution in [0.2, 0.25) is 0 Å². The summed E-state index contributed by atoms with van der Waals surface area (Å²) in [6.07, 6.45) is 0. The maximum Gasteiger partial charge on any atom is 0.341 e. The van der Waals surface area contributed by atoms with E-state index in [2.05, 4.69) is 27.9 Å². The molecule has 1 N–H and O–H groups in total. The van der Waals surface area contributed by atoms with Gasteiger partial charge in [-0.2, -0.15) is 0 Å². The first kappa shape index (κ1) is 15.8. The van der Waals surface area contributed by atoms with Crippen molar-refractivity contribution >= 4 is 34.5 Å². The molecule has 118 valence electrons. The van der Waals surface area contributed by atoms with Gasteiger partial charge in [0.05, 0.1) is 14.2 Å². The van der Waals surface area contributed by atoms with E-state index in [0.717, 1.165) is 3.57 Å². The maximum absolute atomic E-state index is 12.7. The lowest BCUT2D eigenvalue weighted by atomic mass is 9.83. The van der Waals surface area contributed by atoms with Crippen molar-refractivity contribution in [2.24, 2.45) is 0 Å². The SMILES string of the molecule is COC(=O)C1(c2cccc(I)c2)NC(=O)c2ccc(OC)cc21. The first-order valence-electron chi connectivity index (χ1n) is 6.88. The lowest BCUT2D eigenvalue weighted by Gasteiger charge is -2.28. The Bertz CT molecular complexity index is 805. The average Bonchev–Trinajstić information content (AvgIpc) is 2.87. The molecule has 23 heavy (non-hydrogen) atoms. The number of carbonyl (C=O) groups is 2. The van der Waals surface area contributed by atoms with Crippen molar-refractivity contribution in [1.82, 2.24) is 5.32 Å². The normalized spacial score (nSPS) is 19.0. The maximum atomic E-state index is 12.7. The molecule has 0 fully saturated rings. The Kier molecular flexibility index (Phi) is 4.01. The van der Waals surface area contributed by atoms with Crippen molar-refractivity contribution in [2.45, 2.75) is 5.54 Å². The van der Waals surface area contributed by atoms with Crippen LogP contribution in [0.1, 0.15) is 21.5 Å². The molecule has 2 aromatic rings. The van der Waals surface area contributed by atoms with Gasteiger partial charge in [-0.05, 0) is 58.5 Å². The Hall–Kier alpha value is -2.09. The van der Waals surface area contributed by atoms with Crippen molar-refractivity contribution in [3.8, 4) is 5.75 Å². The van der Waals surface area contributed by atoms with Crippen LogP contribution >= 0.6 is 22.6 Å². The molecule has 1 amide bonds. The fourth-order valence-corrected chi connectivity index (χ4v) is 3.39. The van der Waals surface area contributed by atoms with Crippen molar-refractivity contribution in [3.63, 3.8) is 0 Å². The number of carbonyl (C=O) groups excluding carboxylic acids is 2. The van der Waals surface area contributed by atoms with Gasteiger partial charge in [0.15, 0.2) is 5.54 Å². The minimum Gasteiger partial charge on any atom is -0.497 e. The topological polar surface area (TPSA) is 64.6 Å². The molecule has 0 saturated carbocycles. The van der Waals surface area contributed by atoms with E-state index in [9.17, 15) is 9.59 Å². The van der Waals surface area contributed by atoms with Gasteiger partial charge >= 0.3 is 5.97 Å². The summed E-state index contributed by atoms with van der Waals surface area (Å²) in [5.74, 6) is -0.286. The monoisotopic (exact) mass is 423 g/mol. The van der Waals surface area contributed by atoms with Crippen LogP contribution in [0.25, 0.3) is 0 Å². The summed E-state index contributed by atoms with van der Waals surface area (Å²) in [4.78, 5) is 25.1. The van der Waals surface area contributed by atoms with Crippen LogP contribution in [-0.4, -0.2) is 26.1 Å². The highest BCUT2D eigenvalue weighted by Gasteiger charge is 2.51. The molecule has 3 rings (SSSR count). The highest BCUT2D eigenvalue weighted by Crippen LogP contribution is 2.40. The average molecular weight is 423 g/mol. The van der Waals surface area contributed by atoms with E-state index < -0.39 is 11.5 Å². The summed E-state index contributed by atoms with van der Waals surface area (Å²) in [5.41, 5.74) is 0.263. The largest absolute Gasteiger partial charge is 0.497 e. The molecule has 1 aliphatic heterocycles. The van der Waals surface area contributed by atoms with Crippen LogP contribution in [0.15, 0.2) is 42.5 Å². The summed E-state index contributed by atoms with van der Waals surface area (Å²) in [6.45, 7) is 0. The van der Waals surface area contributed by atoms with Crippen LogP contribution < -0.4 is 10.1 Å². The number of amides is 1. The van der Waals surface area contributed by atoms with Crippen LogP contribution in [0, 0.1) is 3.57 Å². The Morgan fingerprint density at radius 2 is 1.96 bits per heavy atom. The number of hydrogen-bond donors (Lipinski definition) is 1. The summed E-state index contributed by atoms with van der Waals surface area (Å²) in [5, 5.41) is 2.81. The standard InChI is InChI=1S/C17H14INO4/c1-22-12-6-7-13-14(9-12)17(16(21)23-2,19-15(13)20)10-4-3-5-11(18)8-10/h3-9H,1-2H3,(H,19,20). The zero-order valence-corrected chi connectivity index (χ0v) is 14.7. The summed E-state index contributed by atoms with van der Waals surface area (Å²) in [6, 6.07) is 12.5. The van der Waals surface area contributed by atoms with Crippen molar-refractivity contribution in [3.05, 3.63) is 62.7 Å². The van der Waals surface area contributed by atoms with Gasteiger partial charge in [0.1, 0.15) is 5.75 Å². The smallest absolute Gasteiger partial charge is 0.341 e. The summed E-state index contributed by atoms with van der Waals surface area (Å²) >= 11 is 2.16. The second kappa shape index (κ2) is 5.84. The second-order valence-electron chi connectivity index (χ2n) is 5.12. The lowest BCUT2D eigenvalue weighted by molar-refractivity contribution is -0.146. The van der Waals surface area contributed by atoms with Crippen molar-refractivity contribution < 1.29 is 19.1 Å². The minimum absolute atomic E-state index is 0.313. The Morgan fingerprint density at radius 1 is 1.17 bits per heavy atom. The van der Waals surface area contributed by atoms with Gasteiger partial charge < -0.3 is 14.8 Å². The van der Waals surface area contributed by atoms with E-state index >= 15 is 0 Å². The van der Waals surface area contributed by atoms with Gasteiger partial charge in [0.25, 0.3) is 5.91 Å². The predicted octanol–water partition coefficient (Wildman–Crippen LogP) is 2.46. The van der Waals surface area contributed by atoms with Gasteiger partial charge in [0, 0.05) is 14.7 Å². The molecule has 0 radical (unpaired) electrons. The molecule has 0 saturated heterocycles. The quantitative estimate of drug-likeness (QED) is 0.609. The lowest BCUT2D eigenvalue weighted by Crippen LogP contribution is -2.48. The fourth-order valence-electron chi connectivity index (χ4n) is 2.84. The van der Waals surface area contributed by atoms with Crippen molar-refractivity contribution in [1.29, 1.82) is 0 Å². The van der Waals surface area contributed by atoms with Crippen molar-refractivity contribution in [2.75, 3.05) is 14.2 Å². The molecule has 2 aromatic carbocycles. The van der Waals surface area contributed by atoms with Crippen LogP contribution in [0.5, 0.6) is 5.75 Å². The zero-order valence-electron chi connectivity index (χ0n) is 12.6. The first-order chi connectivity index (χ1) is 11.0. The van der Waals surface area contributed by atoms with Crippen LogP contribution in [-0.2, 0) is 15.1 Å².